The smallest absolute Gasteiger partial charge is 0.810 e. The molecule has 1 radical (unpaired) electrons. The SMILES string of the molecule is O=P([O-])([O-])CN(CP(=O)([O-])[O-])CP(=O)([O-])[O-].[Co+2].[Na+].[Na+].[Na+].[Na+]. The Kier molecular flexibility index (Phi) is 32.9. The van der Waals surface area contributed by atoms with Crippen LogP contribution < -0.4 is 148 Å². The van der Waals surface area contributed by atoms with Gasteiger partial charge < -0.3 is 43.1 Å². The molecule has 0 aliphatic carbocycles. The molecule has 0 aliphatic heterocycles. The van der Waals surface area contributed by atoms with E-state index in [1.54, 1.807) is 0 Å². The molecule has 0 aliphatic rings. The Morgan fingerprint density at radius 2 is 0.714 bits per heavy atom. The summed E-state index contributed by atoms with van der Waals surface area (Å²) in [7, 11) is -15.8. The Labute approximate surface area is 220 Å². The van der Waals surface area contributed by atoms with Crippen LogP contribution in [-0.4, -0.2) is 23.8 Å². The molecule has 0 amide bonds. The van der Waals surface area contributed by atoms with Crippen LogP contribution in [0.25, 0.3) is 0 Å². The van der Waals surface area contributed by atoms with E-state index in [1.165, 1.54) is 0 Å². The molecule has 0 saturated carbocycles. The van der Waals surface area contributed by atoms with Crippen molar-refractivity contribution in [2.75, 3.05) is 18.9 Å². The van der Waals surface area contributed by atoms with Crippen LogP contribution in [0.1, 0.15) is 0 Å². The summed E-state index contributed by atoms with van der Waals surface area (Å²) in [4.78, 5) is 61.5. The maximum atomic E-state index is 10.3. The van der Waals surface area contributed by atoms with Crippen molar-refractivity contribution in [3.63, 3.8) is 0 Å². The van der Waals surface area contributed by atoms with Crippen LogP contribution in [0.3, 0.4) is 0 Å². The molecular formula is C3H6CoNNa4O9P3. The Morgan fingerprint density at radius 3 is 0.810 bits per heavy atom. The number of hydrogen-bond acceptors (Lipinski definition) is 10. The van der Waals surface area contributed by atoms with Gasteiger partial charge in [0.2, 0.25) is 0 Å². The molecule has 105 valence electrons. The summed E-state index contributed by atoms with van der Waals surface area (Å²) >= 11 is 0. The Bertz CT molecular complexity index is 325. The summed E-state index contributed by atoms with van der Waals surface area (Å²) in [5, 5.41) is 0. The van der Waals surface area contributed by atoms with Crippen molar-refractivity contribution in [1.29, 1.82) is 0 Å². The zero-order valence-electron chi connectivity index (χ0n) is 11.9. The average molecular weight is 444 g/mol. The van der Waals surface area contributed by atoms with Gasteiger partial charge >= 0.3 is 135 Å². The quantitative estimate of drug-likeness (QED) is 0.281. The van der Waals surface area contributed by atoms with Crippen LogP contribution in [0.2, 0.25) is 0 Å². The molecular weight excluding hydrogens is 438 g/mol. The fourth-order valence-electron chi connectivity index (χ4n) is 0.869. The van der Waals surface area contributed by atoms with Crippen LogP contribution >= 0.6 is 22.8 Å². The molecule has 0 rings (SSSR count). The van der Waals surface area contributed by atoms with E-state index in [2.05, 4.69) is 0 Å². The summed E-state index contributed by atoms with van der Waals surface area (Å²) in [5.74, 6) is 0. The number of nitrogens with zero attached hydrogens (tertiary/aromatic N) is 1. The predicted molar refractivity (Wildman–Crippen MR) is 39.3 cm³/mol. The van der Waals surface area contributed by atoms with Gasteiger partial charge in [-0.2, -0.15) is 0 Å². The minimum Gasteiger partial charge on any atom is -0.810 e. The Hall–Kier alpha value is 4.92. The molecule has 0 aromatic carbocycles. The maximum absolute atomic E-state index is 10.3. The topological polar surface area (TPSA) is 193 Å². The van der Waals surface area contributed by atoms with Gasteiger partial charge in [0.1, 0.15) is 0 Å². The third kappa shape index (κ3) is 33.0. The second-order valence-corrected chi connectivity index (χ2v) is 7.44. The van der Waals surface area contributed by atoms with Gasteiger partial charge in [0, 0.05) is 18.9 Å². The molecule has 18 heteroatoms. The van der Waals surface area contributed by atoms with Gasteiger partial charge in [-0.25, -0.2) is 0 Å². The third-order valence-corrected chi connectivity index (χ3v) is 3.36. The molecule has 0 fully saturated rings. The number of rotatable bonds is 6. The summed E-state index contributed by atoms with van der Waals surface area (Å²) in [6, 6.07) is 0. The van der Waals surface area contributed by atoms with Gasteiger partial charge in [0.05, 0.1) is 0 Å². The van der Waals surface area contributed by atoms with Crippen molar-refractivity contribution in [1.82, 2.24) is 4.90 Å². The third-order valence-electron chi connectivity index (χ3n) is 1.12. The van der Waals surface area contributed by atoms with E-state index in [-0.39, 0.29) is 140 Å². The fourth-order valence-corrected chi connectivity index (χ4v) is 3.41. The Morgan fingerprint density at radius 1 is 0.571 bits per heavy atom. The van der Waals surface area contributed by atoms with Crippen molar-refractivity contribution in [3.8, 4) is 0 Å². The van der Waals surface area contributed by atoms with Crippen LogP contribution in [-0.2, 0) is 30.5 Å². The molecule has 0 aromatic rings. The van der Waals surface area contributed by atoms with Crippen molar-refractivity contribution in [2.24, 2.45) is 0 Å². The molecule has 10 nitrogen and oxygen atoms in total. The number of hydrogen-bond donors (Lipinski definition) is 0. The summed E-state index contributed by atoms with van der Waals surface area (Å²) in [5.41, 5.74) is 0. The van der Waals surface area contributed by atoms with Gasteiger partial charge in [0.15, 0.2) is 0 Å². The van der Waals surface area contributed by atoms with Gasteiger partial charge in [0.25, 0.3) is 0 Å². The van der Waals surface area contributed by atoms with Crippen molar-refractivity contribution in [3.05, 3.63) is 0 Å². The van der Waals surface area contributed by atoms with Gasteiger partial charge in [-0.3, -0.25) is 4.90 Å². The summed E-state index contributed by atoms with van der Waals surface area (Å²) in [6.45, 7) is 0. The second-order valence-electron chi connectivity index (χ2n) is 2.93. The van der Waals surface area contributed by atoms with E-state index >= 15 is 0 Å². The molecule has 0 atom stereocenters. The van der Waals surface area contributed by atoms with Crippen LogP contribution in [0.5, 0.6) is 0 Å². The maximum Gasteiger partial charge on any atom is 2.00 e. The molecule has 0 saturated heterocycles. The van der Waals surface area contributed by atoms with E-state index in [1.807, 2.05) is 0 Å². The van der Waals surface area contributed by atoms with Crippen molar-refractivity contribution in [2.45, 2.75) is 0 Å². The van der Waals surface area contributed by atoms with Gasteiger partial charge in [-0.15, -0.1) is 0 Å². The minimum atomic E-state index is -5.27. The average Bonchev–Trinajstić information content (AvgIpc) is 1.70. The molecule has 0 bridgehead atoms. The second kappa shape index (κ2) is 17.0. The van der Waals surface area contributed by atoms with Gasteiger partial charge in [-0.05, 0) is 0 Å². The Balaban J connectivity index is -0.000000112. The first-order chi connectivity index (χ1) is 6.79. The van der Waals surface area contributed by atoms with E-state index in [0.29, 0.717) is 0 Å². The summed E-state index contributed by atoms with van der Waals surface area (Å²) < 4.78 is 30.8. The fraction of sp³-hybridized carbons (Fsp3) is 1.00. The zero-order chi connectivity index (χ0) is 13.2. The first kappa shape index (κ1) is 40.6. The van der Waals surface area contributed by atoms with Crippen LogP contribution in [0, 0.1) is 0 Å². The predicted octanol–water partition coefficient (Wildman–Crippen LogP) is -17.1. The normalized spacial score (nSPS) is 11.0. The molecule has 0 N–H and O–H groups in total. The molecule has 0 spiro atoms. The largest absolute Gasteiger partial charge is 2.00 e. The standard InChI is InChI=1S/C3H12NO9P3.Co.4Na/c5-14(6,7)1-4(2-15(8,9)10)3-16(11,12)13;;;;;/h1-3H2,(H2,5,6,7)(H2,8,9,10)(H2,11,12,13);;;;;/q;+2;4*+1/p-6. The van der Waals surface area contributed by atoms with Gasteiger partial charge in [-0.1, -0.05) is 22.8 Å². The van der Waals surface area contributed by atoms with E-state index in [0.717, 1.165) is 0 Å². The molecule has 0 heterocycles. The van der Waals surface area contributed by atoms with Crippen molar-refractivity contribution < 1.29 is 178 Å². The van der Waals surface area contributed by atoms with Crippen LogP contribution in [0.15, 0.2) is 0 Å². The first-order valence-corrected chi connectivity index (χ1v) is 8.72. The van der Waals surface area contributed by atoms with E-state index in [9.17, 15) is 43.1 Å². The molecule has 21 heavy (non-hydrogen) atoms. The summed E-state index contributed by atoms with van der Waals surface area (Å²) in [6.07, 6.45) is -4.55. The monoisotopic (exact) mass is 444 g/mol. The van der Waals surface area contributed by atoms with E-state index in [4.69, 9.17) is 0 Å². The van der Waals surface area contributed by atoms with E-state index < -0.39 is 41.6 Å². The van der Waals surface area contributed by atoms with Crippen LogP contribution in [0.4, 0.5) is 0 Å². The molecule has 0 unspecified atom stereocenters. The first-order valence-electron chi connectivity index (χ1n) is 3.54. The molecule has 0 aromatic heterocycles. The minimum absolute atomic E-state index is 0. The zero-order valence-corrected chi connectivity index (χ0v) is 23.6. The van der Waals surface area contributed by atoms with Crippen molar-refractivity contribution >= 4 is 22.8 Å².